The highest BCUT2D eigenvalue weighted by Gasteiger charge is 2.26. The molecular weight excluding hydrogens is 240 g/mol. The topological polar surface area (TPSA) is 16.1 Å². The van der Waals surface area contributed by atoms with Gasteiger partial charge in [0.2, 0.25) is 0 Å². The normalized spacial score (nSPS) is 26.9. The van der Waals surface area contributed by atoms with Crippen LogP contribution in [0.25, 0.3) is 0 Å². The molecule has 2 unspecified atom stereocenters. The van der Waals surface area contributed by atoms with Crippen LogP contribution in [-0.4, -0.2) is 18.1 Å². The van der Waals surface area contributed by atoms with E-state index in [-0.39, 0.29) is 0 Å². The van der Waals surface area contributed by atoms with Crippen molar-refractivity contribution in [2.75, 3.05) is 18.0 Å². The third kappa shape index (κ3) is 1.92. The van der Waals surface area contributed by atoms with E-state index in [1.165, 1.54) is 0 Å². The summed E-state index contributed by atoms with van der Waals surface area (Å²) >= 11 is 3.40. The van der Waals surface area contributed by atoms with E-state index >= 15 is 0 Å². The van der Waals surface area contributed by atoms with Crippen molar-refractivity contribution >= 4 is 21.7 Å². The molecule has 2 heterocycles. The van der Waals surface area contributed by atoms with E-state index in [0.29, 0.717) is 0 Å². The maximum absolute atomic E-state index is 4.47. The molecule has 1 saturated heterocycles. The lowest BCUT2D eigenvalue weighted by atomic mass is 10.0. The average molecular weight is 255 g/mol. The molecule has 0 aromatic carbocycles. The average Bonchev–Trinajstić information content (AvgIpc) is 2.47. The van der Waals surface area contributed by atoms with Gasteiger partial charge in [-0.1, -0.05) is 19.9 Å². The fraction of sp³-hybridized carbons (Fsp3) is 0.545. The smallest absolute Gasteiger partial charge is 0.129 e. The number of aromatic nitrogens is 1. The molecule has 1 aliphatic rings. The van der Waals surface area contributed by atoms with Gasteiger partial charge in [-0.05, 0) is 39.9 Å². The molecule has 0 radical (unpaired) electrons. The Kier molecular flexibility index (Phi) is 2.77. The second-order valence-electron chi connectivity index (χ2n) is 4.18. The van der Waals surface area contributed by atoms with Crippen LogP contribution in [0.2, 0.25) is 0 Å². The van der Waals surface area contributed by atoms with E-state index in [1.807, 2.05) is 12.1 Å². The van der Waals surface area contributed by atoms with Gasteiger partial charge in [-0.15, -0.1) is 0 Å². The molecule has 2 atom stereocenters. The summed E-state index contributed by atoms with van der Waals surface area (Å²) in [5.41, 5.74) is 0. The highest BCUT2D eigenvalue weighted by atomic mass is 79.9. The Morgan fingerprint density at radius 1 is 1.29 bits per heavy atom. The summed E-state index contributed by atoms with van der Waals surface area (Å²) in [6.07, 6.45) is 0. The Labute approximate surface area is 93.5 Å². The van der Waals surface area contributed by atoms with E-state index < -0.39 is 0 Å². The minimum Gasteiger partial charge on any atom is -0.356 e. The first-order valence-corrected chi connectivity index (χ1v) is 5.83. The Hall–Kier alpha value is -0.570. The predicted octanol–water partition coefficient (Wildman–Crippen LogP) is 2.94. The van der Waals surface area contributed by atoms with Crippen molar-refractivity contribution in [3.63, 3.8) is 0 Å². The van der Waals surface area contributed by atoms with Gasteiger partial charge in [-0.3, -0.25) is 0 Å². The van der Waals surface area contributed by atoms with E-state index in [4.69, 9.17) is 0 Å². The maximum Gasteiger partial charge on any atom is 0.129 e. The molecule has 3 heteroatoms. The summed E-state index contributed by atoms with van der Waals surface area (Å²) in [6, 6.07) is 6.09. The molecule has 0 bridgehead atoms. The maximum atomic E-state index is 4.47. The summed E-state index contributed by atoms with van der Waals surface area (Å²) < 4.78 is 0.919. The minimum atomic E-state index is 0.774. The first-order chi connectivity index (χ1) is 6.66. The third-order valence-corrected chi connectivity index (χ3v) is 3.45. The lowest BCUT2D eigenvalue weighted by Crippen LogP contribution is -2.20. The van der Waals surface area contributed by atoms with Gasteiger partial charge in [0.25, 0.3) is 0 Å². The summed E-state index contributed by atoms with van der Waals surface area (Å²) in [6.45, 7) is 6.88. The van der Waals surface area contributed by atoms with Gasteiger partial charge in [-0.25, -0.2) is 4.98 Å². The molecule has 1 aliphatic heterocycles. The summed E-state index contributed by atoms with van der Waals surface area (Å²) in [7, 11) is 0. The van der Waals surface area contributed by atoms with Crippen LogP contribution < -0.4 is 4.90 Å². The van der Waals surface area contributed by atoms with Crippen LogP contribution >= 0.6 is 15.9 Å². The second-order valence-corrected chi connectivity index (χ2v) is 4.99. The molecule has 0 saturated carbocycles. The SMILES string of the molecule is CC1CN(c2cccc(Br)n2)CC1C. The van der Waals surface area contributed by atoms with E-state index in [0.717, 1.165) is 35.3 Å². The zero-order valence-corrected chi connectivity index (χ0v) is 10.2. The molecular formula is C11H15BrN2. The molecule has 0 aliphatic carbocycles. The zero-order chi connectivity index (χ0) is 10.1. The van der Waals surface area contributed by atoms with Crippen LogP contribution in [0.3, 0.4) is 0 Å². The van der Waals surface area contributed by atoms with Crippen LogP contribution in [0.1, 0.15) is 13.8 Å². The number of halogens is 1. The Bertz CT molecular complexity index is 317. The monoisotopic (exact) mass is 254 g/mol. The van der Waals surface area contributed by atoms with Crippen molar-refractivity contribution in [3.8, 4) is 0 Å². The number of pyridine rings is 1. The Balaban J connectivity index is 2.17. The van der Waals surface area contributed by atoms with Crippen LogP contribution in [0.5, 0.6) is 0 Å². The summed E-state index contributed by atoms with van der Waals surface area (Å²) in [5, 5.41) is 0. The Morgan fingerprint density at radius 3 is 2.50 bits per heavy atom. The zero-order valence-electron chi connectivity index (χ0n) is 8.57. The first kappa shape index (κ1) is 9.97. The number of anilines is 1. The van der Waals surface area contributed by atoms with Crippen molar-refractivity contribution < 1.29 is 0 Å². The predicted molar refractivity (Wildman–Crippen MR) is 62.5 cm³/mol. The van der Waals surface area contributed by atoms with Gasteiger partial charge >= 0.3 is 0 Å². The van der Waals surface area contributed by atoms with Crippen molar-refractivity contribution in [3.05, 3.63) is 22.8 Å². The molecule has 1 aromatic heterocycles. The summed E-state index contributed by atoms with van der Waals surface area (Å²) in [5.74, 6) is 2.64. The van der Waals surface area contributed by atoms with Gasteiger partial charge in [0, 0.05) is 13.1 Å². The molecule has 2 nitrogen and oxygen atoms in total. The number of nitrogens with zero attached hydrogens (tertiary/aromatic N) is 2. The fourth-order valence-electron chi connectivity index (χ4n) is 1.89. The Morgan fingerprint density at radius 2 is 1.93 bits per heavy atom. The van der Waals surface area contributed by atoms with Gasteiger partial charge in [0.15, 0.2) is 0 Å². The first-order valence-electron chi connectivity index (χ1n) is 5.04. The largest absolute Gasteiger partial charge is 0.356 e. The highest BCUT2D eigenvalue weighted by Crippen LogP contribution is 2.26. The second kappa shape index (κ2) is 3.89. The summed E-state index contributed by atoms with van der Waals surface area (Å²) in [4.78, 5) is 6.83. The molecule has 0 spiro atoms. The van der Waals surface area contributed by atoms with E-state index in [9.17, 15) is 0 Å². The molecule has 0 N–H and O–H groups in total. The third-order valence-electron chi connectivity index (χ3n) is 3.01. The number of rotatable bonds is 1. The van der Waals surface area contributed by atoms with Gasteiger partial charge in [0.05, 0.1) is 0 Å². The van der Waals surface area contributed by atoms with Crippen molar-refractivity contribution in [2.24, 2.45) is 11.8 Å². The molecule has 14 heavy (non-hydrogen) atoms. The van der Waals surface area contributed by atoms with Crippen molar-refractivity contribution in [1.82, 2.24) is 4.98 Å². The van der Waals surface area contributed by atoms with Crippen LogP contribution in [0.4, 0.5) is 5.82 Å². The van der Waals surface area contributed by atoms with Crippen LogP contribution in [0, 0.1) is 11.8 Å². The molecule has 76 valence electrons. The highest BCUT2D eigenvalue weighted by molar-refractivity contribution is 9.10. The number of hydrogen-bond acceptors (Lipinski definition) is 2. The minimum absolute atomic E-state index is 0.774. The van der Waals surface area contributed by atoms with Crippen LogP contribution in [0.15, 0.2) is 22.8 Å². The van der Waals surface area contributed by atoms with E-state index in [2.05, 4.69) is 45.7 Å². The number of hydrogen-bond donors (Lipinski definition) is 0. The van der Waals surface area contributed by atoms with Crippen molar-refractivity contribution in [2.45, 2.75) is 13.8 Å². The lowest BCUT2D eigenvalue weighted by molar-refractivity contribution is 0.494. The standard InChI is InChI=1S/C11H15BrN2/c1-8-6-14(7-9(8)2)11-5-3-4-10(12)13-11/h3-5,8-9H,6-7H2,1-2H3. The molecule has 2 rings (SSSR count). The molecule has 1 aromatic rings. The van der Waals surface area contributed by atoms with Crippen LogP contribution in [-0.2, 0) is 0 Å². The lowest BCUT2D eigenvalue weighted by Gasteiger charge is -2.16. The van der Waals surface area contributed by atoms with Gasteiger partial charge < -0.3 is 4.90 Å². The van der Waals surface area contributed by atoms with Crippen molar-refractivity contribution in [1.29, 1.82) is 0 Å². The fourth-order valence-corrected chi connectivity index (χ4v) is 2.22. The van der Waals surface area contributed by atoms with Gasteiger partial charge in [-0.2, -0.15) is 0 Å². The molecule has 1 fully saturated rings. The van der Waals surface area contributed by atoms with Gasteiger partial charge in [0.1, 0.15) is 10.4 Å². The molecule has 0 amide bonds. The van der Waals surface area contributed by atoms with E-state index in [1.54, 1.807) is 0 Å². The quantitative estimate of drug-likeness (QED) is 0.717.